The molecule has 1 amide bonds. The maximum absolute atomic E-state index is 13.5. The fraction of sp³-hybridized carbons (Fsp3) is 0.281. The normalized spacial score (nSPS) is 16.6. The molecule has 3 aromatic rings. The van der Waals surface area contributed by atoms with Gasteiger partial charge < -0.3 is 14.6 Å². The standard InChI is InChI=1S/C32H33NO6/c1-6-15-39-32(37)23-11-8-12-24(17-23)33-28(21-10-7-9-20(4)16-21)27(30(35)31(33)36)29(34)22-13-14-26(38-5)25(18-22)19(2)3/h7-14,16-19,28,34H,6,15H2,1-5H3/b29-27-. The van der Waals surface area contributed by atoms with E-state index in [0.717, 1.165) is 11.1 Å². The van der Waals surface area contributed by atoms with Gasteiger partial charge in [-0.25, -0.2) is 4.79 Å². The van der Waals surface area contributed by atoms with Crippen molar-refractivity contribution in [3.05, 3.63) is 100 Å². The molecule has 1 fully saturated rings. The molecule has 1 unspecified atom stereocenters. The van der Waals surface area contributed by atoms with Gasteiger partial charge in [0.1, 0.15) is 11.5 Å². The summed E-state index contributed by atoms with van der Waals surface area (Å²) in [6.45, 7) is 8.10. The Kier molecular flexibility index (Phi) is 8.19. The van der Waals surface area contributed by atoms with Gasteiger partial charge in [-0.2, -0.15) is 0 Å². The molecule has 7 nitrogen and oxygen atoms in total. The van der Waals surface area contributed by atoms with Gasteiger partial charge in [0.15, 0.2) is 0 Å². The number of aliphatic hydroxyl groups excluding tert-OH is 1. The number of methoxy groups -OCH3 is 1. The number of carbonyl (C=O) groups is 3. The zero-order valence-corrected chi connectivity index (χ0v) is 22.9. The van der Waals surface area contributed by atoms with E-state index in [1.165, 1.54) is 11.0 Å². The summed E-state index contributed by atoms with van der Waals surface area (Å²) >= 11 is 0. The third-order valence-electron chi connectivity index (χ3n) is 6.72. The van der Waals surface area contributed by atoms with Crippen LogP contribution < -0.4 is 9.64 Å². The van der Waals surface area contributed by atoms with Crippen molar-refractivity contribution >= 4 is 29.1 Å². The second kappa shape index (κ2) is 11.6. The van der Waals surface area contributed by atoms with Crippen molar-refractivity contribution in [2.75, 3.05) is 18.6 Å². The Bertz CT molecular complexity index is 1450. The topological polar surface area (TPSA) is 93.1 Å². The summed E-state index contributed by atoms with van der Waals surface area (Å²) in [7, 11) is 1.58. The van der Waals surface area contributed by atoms with Crippen molar-refractivity contribution in [1.29, 1.82) is 0 Å². The van der Waals surface area contributed by atoms with Crippen molar-refractivity contribution in [1.82, 2.24) is 0 Å². The molecular formula is C32H33NO6. The Labute approximate surface area is 228 Å². The van der Waals surface area contributed by atoms with E-state index in [4.69, 9.17) is 9.47 Å². The molecule has 0 saturated carbocycles. The Morgan fingerprint density at radius 2 is 1.74 bits per heavy atom. The quantitative estimate of drug-likeness (QED) is 0.159. The van der Waals surface area contributed by atoms with Gasteiger partial charge in [0, 0.05) is 11.3 Å². The van der Waals surface area contributed by atoms with Crippen LogP contribution in [0.5, 0.6) is 5.75 Å². The highest BCUT2D eigenvalue weighted by atomic mass is 16.5. The van der Waals surface area contributed by atoms with Gasteiger partial charge in [0.2, 0.25) is 0 Å². The first-order valence-corrected chi connectivity index (χ1v) is 13.0. The molecule has 39 heavy (non-hydrogen) atoms. The lowest BCUT2D eigenvalue weighted by atomic mass is 9.92. The SMILES string of the molecule is CCCOC(=O)c1cccc(N2C(=O)C(=O)/C(=C(\O)c3ccc(OC)c(C(C)C)c3)C2c2cccc(C)c2)c1. The van der Waals surface area contributed by atoms with Crippen molar-refractivity contribution < 1.29 is 29.0 Å². The van der Waals surface area contributed by atoms with Gasteiger partial charge >= 0.3 is 5.97 Å². The van der Waals surface area contributed by atoms with Crippen molar-refractivity contribution in [3.63, 3.8) is 0 Å². The molecule has 1 aliphatic heterocycles. The molecule has 0 aromatic heterocycles. The van der Waals surface area contributed by atoms with Gasteiger partial charge in [-0.05, 0) is 66.8 Å². The summed E-state index contributed by atoms with van der Waals surface area (Å²) < 4.78 is 10.7. The lowest BCUT2D eigenvalue weighted by molar-refractivity contribution is -0.132. The number of aliphatic hydroxyl groups is 1. The third kappa shape index (κ3) is 5.43. The zero-order valence-electron chi connectivity index (χ0n) is 22.9. The van der Waals surface area contributed by atoms with E-state index < -0.39 is 23.7 Å². The average molecular weight is 528 g/mol. The van der Waals surface area contributed by atoms with E-state index in [1.807, 2.05) is 52.0 Å². The number of ketones is 1. The van der Waals surface area contributed by atoms with Crippen LogP contribution in [0.25, 0.3) is 5.76 Å². The molecule has 0 radical (unpaired) electrons. The average Bonchev–Trinajstić information content (AvgIpc) is 3.20. The van der Waals surface area contributed by atoms with Crippen molar-refractivity contribution in [2.45, 2.75) is 46.1 Å². The van der Waals surface area contributed by atoms with Gasteiger partial charge in [-0.1, -0.05) is 56.7 Å². The highest BCUT2D eigenvalue weighted by Gasteiger charge is 2.47. The van der Waals surface area contributed by atoms with Crippen LogP contribution in [0, 0.1) is 6.92 Å². The fourth-order valence-corrected chi connectivity index (χ4v) is 4.80. The molecule has 0 aliphatic carbocycles. The number of amides is 1. The van der Waals surface area contributed by atoms with Crippen LogP contribution in [0.4, 0.5) is 5.69 Å². The number of esters is 1. The summed E-state index contributed by atoms with van der Waals surface area (Å²) in [5.41, 5.74) is 3.46. The number of rotatable bonds is 8. The zero-order chi connectivity index (χ0) is 28.3. The fourth-order valence-electron chi connectivity index (χ4n) is 4.80. The molecule has 1 saturated heterocycles. The van der Waals surface area contributed by atoms with E-state index in [0.29, 0.717) is 29.0 Å². The molecule has 3 aromatic carbocycles. The van der Waals surface area contributed by atoms with Crippen LogP contribution >= 0.6 is 0 Å². The second-order valence-electron chi connectivity index (χ2n) is 9.88. The molecule has 1 heterocycles. The largest absolute Gasteiger partial charge is 0.507 e. The molecule has 1 aliphatic rings. The number of carbonyl (C=O) groups excluding carboxylic acids is 3. The highest BCUT2D eigenvalue weighted by Crippen LogP contribution is 2.43. The second-order valence-corrected chi connectivity index (χ2v) is 9.88. The predicted octanol–water partition coefficient (Wildman–Crippen LogP) is 6.32. The molecule has 7 heteroatoms. The van der Waals surface area contributed by atoms with E-state index in [9.17, 15) is 19.5 Å². The number of Topliss-reactive ketones (excluding diaryl/α,β-unsaturated/α-hetero) is 1. The number of hydrogen-bond acceptors (Lipinski definition) is 6. The molecule has 0 spiro atoms. The monoisotopic (exact) mass is 527 g/mol. The van der Waals surface area contributed by atoms with Crippen LogP contribution in [-0.4, -0.2) is 36.5 Å². The first kappa shape index (κ1) is 27.6. The molecule has 0 bridgehead atoms. The minimum absolute atomic E-state index is 0.0237. The Hall–Kier alpha value is -4.39. The number of anilines is 1. The summed E-state index contributed by atoms with van der Waals surface area (Å²) in [4.78, 5) is 41.0. The van der Waals surface area contributed by atoms with Crippen LogP contribution in [0.3, 0.4) is 0 Å². The van der Waals surface area contributed by atoms with E-state index >= 15 is 0 Å². The first-order chi connectivity index (χ1) is 18.7. The van der Waals surface area contributed by atoms with Crippen LogP contribution in [0.1, 0.15) is 71.8 Å². The molecule has 1 atom stereocenters. The minimum Gasteiger partial charge on any atom is -0.507 e. The van der Waals surface area contributed by atoms with E-state index in [1.54, 1.807) is 43.5 Å². The maximum Gasteiger partial charge on any atom is 0.338 e. The smallest absolute Gasteiger partial charge is 0.338 e. The molecule has 1 N–H and O–H groups in total. The Morgan fingerprint density at radius 1 is 1.00 bits per heavy atom. The highest BCUT2D eigenvalue weighted by molar-refractivity contribution is 6.51. The Balaban J connectivity index is 1.90. The summed E-state index contributed by atoms with van der Waals surface area (Å²) in [5, 5.41) is 11.5. The predicted molar refractivity (Wildman–Crippen MR) is 150 cm³/mol. The van der Waals surface area contributed by atoms with Gasteiger partial charge in [0.25, 0.3) is 11.7 Å². The van der Waals surface area contributed by atoms with E-state index in [-0.39, 0.29) is 29.4 Å². The number of nitrogens with zero attached hydrogens (tertiary/aromatic N) is 1. The van der Waals surface area contributed by atoms with Crippen LogP contribution in [0.15, 0.2) is 72.3 Å². The van der Waals surface area contributed by atoms with Crippen molar-refractivity contribution in [2.24, 2.45) is 0 Å². The minimum atomic E-state index is -0.906. The van der Waals surface area contributed by atoms with Gasteiger partial charge in [0.05, 0.1) is 30.9 Å². The summed E-state index contributed by atoms with van der Waals surface area (Å²) in [6.07, 6.45) is 0.678. The molecule has 4 rings (SSSR count). The summed E-state index contributed by atoms with van der Waals surface area (Å²) in [5.74, 6) is -1.62. The Morgan fingerprint density at radius 3 is 2.41 bits per heavy atom. The van der Waals surface area contributed by atoms with Gasteiger partial charge in [-0.15, -0.1) is 0 Å². The number of ether oxygens (including phenoxy) is 2. The molecular weight excluding hydrogens is 494 g/mol. The van der Waals surface area contributed by atoms with Gasteiger partial charge in [-0.3, -0.25) is 14.5 Å². The van der Waals surface area contributed by atoms with E-state index in [2.05, 4.69) is 0 Å². The molecule has 202 valence electrons. The number of aryl methyl sites for hydroxylation is 1. The van der Waals surface area contributed by atoms with Crippen molar-refractivity contribution in [3.8, 4) is 5.75 Å². The number of benzene rings is 3. The van der Waals surface area contributed by atoms with Crippen LogP contribution in [-0.2, 0) is 14.3 Å². The van der Waals surface area contributed by atoms with Crippen LogP contribution in [0.2, 0.25) is 0 Å². The lowest BCUT2D eigenvalue weighted by Crippen LogP contribution is -2.29. The number of hydrogen-bond donors (Lipinski definition) is 1. The third-order valence-corrected chi connectivity index (χ3v) is 6.72. The lowest BCUT2D eigenvalue weighted by Gasteiger charge is -2.26. The maximum atomic E-state index is 13.5. The first-order valence-electron chi connectivity index (χ1n) is 13.0. The summed E-state index contributed by atoms with van der Waals surface area (Å²) in [6, 6.07) is 18.2.